The molecular weight excluding hydrogens is 268 g/mol. The number of nitrogens with zero attached hydrogens (tertiary/aromatic N) is 2. The van der Waals surface area contributed by atoms with Crippen molar-refractivity contribution in [1.29, 1.82) is 5.26 Å². The average molecular weight is 290 g/mol. The molecule has 1 saturated carbocycles. The first-order valence-corrected chi connectivity index (χ1v) is 8.07. The zero-order chi connectivity index (χ0) is 15.7. The van der Waals surface area contributed by atoms with Crippen LogP contribution in [0.5, 0.6) is 0 Å². The van der Waals surface area contributed by atoms with E-state index in [-0.39, 0.29) is 0 Å². The third kappa shape index (κ3) is 2.64. The molecule has 2 atom stereocenters. The van der Waals surface area contributed by atoms with Gasteiger partial charge in [0, 0.05) is 12.1 Å². The quantitative estimate of drug-likeness (QED) is 0.715. The highest BCUT2D eigenvalue weighted by molar-refractivity contribution is 6.04. The largest absolute Gasteiger partial charge is 0.260 e. The Kier molecular flexibility index (Phi) is 3.98. The third-order valence-electron chi connectivity index (χ3n) is 5.05. The zero-order valence-electron chi connectivity index (χ0n) is 13.6. The van der Waals surface area contributed by atoms with Gasteiger partial charge in [0.2, 0.25) is 0 Å². The molecule has 0 saturated heterocycles. The summed E-state index contributed by atoms with van der Waals surface area (Å²) >= 11 is 0. The Morgan fingerprint density at radius 2 is 1.91 bits per heavy atom. The fraction of sp³-hybridized carbons (Fsp3) is 0.400. The van der Waals surface area contributed by atoms with Gasteiger partial charge in [0.05, 0.1) is 17.3 Å². The van der Waals surface area contributed by atoms with Crippen molar-refractivity contribution >= 4 is 5.71 Å². The predicted molar refractivity (Wildman–Crippen MR) is 90.7 cm³/mol. The van der Waals surface area contributed by atoms with Crippen LogP contribution in [-0.4, -0.2) is 5.71 Å². The Morgan fingerprint density at radius 3 is 2.59 bits per heavy atom. The Balaban J connectivity index is 2.02. The molecular formula is C20H22N2. The minimum atomic E-state index is 0.324. The normalized spacial score (nSPS) is 24.8. The molecule has 0 bridgehead atoms. The van der Waals surface area contributed by atoms with Gasteiger partial charge in [-0.2, -0.15) is 5.26 Å². The maximum Gasteiger partial charge on any atom is 0.0991 e. The first-order chi connectivity index (χ1) is 10.6. The SMILES string of the molecule is CC1=C2CCC(C)CC2=CN=C(c2ccc(C#N)cc2)C1C. The van der Waals surface area contributed by atoms with Crippen LogP contribution in [0.25, 0.3) is 0 Å². The van der Waals surface area contributed by atoms with Crippen LogP contribution < -0.4 is 0 Å². The van der Waals surface area contributed by atoms with E-state index >= 15 is 0 Å². The number of fused-ring (bicyclic) bond motifs is 1. The van der Waals surface area contributed by atoms with E-state index in [0.717, 1.165) is 23.6 Å². The summed E-state index contributed by atoms with van der Waals surface area (Å²) in [4.78, 5) is 4.83. The topological polar surface area (TPSA) is 36.1 Å². The number of hydrogen-bond donors (Lipinski definition) is 0. The summed E-state index contributed by atoms with van der Waals surface area (Å²) in [6.45, 7) is 6.83. The Morgan fingerprint density at radius 1 is 1.18 bits per heavy atom. The summed E-state index contributed by atoms with van der Waals surface area (Å²) in [7, 11) is 0. The van der Waals surface area contributed by atoms with Gasteiger partial charge in [0.1, 0.15) is 0 Å². The highest BCUT2D eigenvalue weighted by atomic mass is 14.7. The fourth-order valence-corrected chi connectivity index (χ4v) is 3.50. The van der Waals surface area contributed by atoms with Crippen molar-refractivity contribution in [3.05, 3.63) is 58.3 Å². The molecule has 112 valence electrons. The maximum absolute atomic E-state index is 8.95. The van der Waals surface area contributed by atoms with E-state index in [9.17, 15) is 0 Å². The Bertz CT molecular complexity index is 711. The molecule has 2 nitrogen and oxygen atoms in total. The monoisotopic (exact) mass is 290 g/mol. The summed E-state index contributed by atoms with van der Waals surface area (Å²) < 4.78 is 0. The number of benzene rings is 1. The van der Waals surface area contributed by atoms with Gasteiger partial charge in [0.25, 0.3) is 0 Å². The van der Waals surface area contributed by atoms with E-state index in [0.29, 0.717) is 11.5 Å². The van der Waals surface area contributed by atoms with Crippen LogP contribution in [0, 0.1) is 23.2 Å². The lowest BCUT2D eigenvalue weighted by atomic mass is 9.79. The summed E-state index contributed by atoms with van der Waals surface area (Å²) in [5.74, 6) is 1.08. The second-order valence-corrected chi connectivity index (χ2v) is 6.59. The molecule has 0 N–H and O–H groups in total. The highest BCUT2D eigenvalue weighted by Crippen LogP contribution is 2.38. The molecule has 0 spiro atoms. The minimum Gasteiger partial charge on any atom is -0.260 e. The van der Waals surface area contributed by atoms with Crippen LogP contribution in [0.2, 0.25) is 0 Å². The third-order valence-corrected chi connectivity index (χ3v) is 5.05. The van der Waals surface area contributed by atoms with E-state index in [4.69, 9.17) is 10.3 Å². The van der Waals surface area contributed by atoms with E-state index in [1.54, 1.807) is 0 Å². The van der Waals surface area contributed by atoms with Gasteiger partial charge in [0.15, 0.2) is 0 Å². The number of aliphatic imine (C=N–C) groups is 1. The zero-order valence-corrected chi connectivity index (χ0v) is 13.6. The molecule has 1 aromatic rings. The van der Waals surface area contributed by atoms with Crippen LogP contribution >= 0.6 is 0 Å². The molecule has 2 heteroatoms. The van der Waals surface area contributed by atoms with Crippen molar-refractivity contribution in [2.45, 2.75) is 40.0 Å². The first kappa shape index (κ1) is 14.8. The van der Waals surface area contributed by atoms with Crippen molar-refractivity contribution in [3.8, 4) is 6.07 Å². The van der Waals surface area contributed by atoms with Crippen molar-refractivity contribution < 1.29 is 0 Å². The maximum atomic E-state index is 8.95. The lowest BCUT2D eigenvalue weighted by Gasteiger charge is -2.26. The molecule has 0 radical (unpaired) electrons. The molecule has 3 rings (SSSR count). The van der Waals surface area contributed by atoms with Gasteiger partial charge < -0.3 is 0 Å². The molecule has 0 amide bonds. The fourth-order valence-electron chi connectivity index (χ4n) is 3.50. The number of rotatable bonds is 1. The summed E-state index contributed by atoms with van der Waals surface area (Å²) in [6.07, 6.45) is 5.69. The smallest absolute Gasteiger partial charge is 0.0991 e. The van der Waals surface area contributed by atoms with Gasteiger partial charge in [-0.05, 0) is 60.9 Å². The second-order valence-electron chi connectivity index (χ2n) is 6.59. The molecule has 1 heterocycles. The highest BCUT2D eigenvalue weighted by Gasteiger charge is 2.25. The predicted octanol–water partition coefficient (Wildman–Crippen LogP) is 5.02. The minimum absolute atomic E-state index is 0.324. The molecule has 22 heavy (non-hydrogen) atoms. The number of hydrogen-bond acceptors (Lipinski definition) is 2. The van der Waals surface area contributed by atoms with Gasteiger partial charge in [-0.15, -0.1) is 0 Å². The van der Waals surface area contributed by atoms with Crippen molar-refractivity contribution in [1.82, 2.24) is 0 Å². The molecule has 1 aromatic carbocycles. The Labute approximate surface area is 132 Å². The molecule has 1 fully saturated rings. The Hall–Kier alpha value is -2.14. The van der Waals surface area contributed by atoms with Crippen LogP contribution in [0.3, 0.4) is 0 Å². The standard InChI is InChI=1S/C20H22N2/c1-13-4-9-19-14(2)15(3)20(22-12-18(19)10-13)17-7-5-16(11-21)6-8-17/h5-8,12-13,15H,4,9-10H2,1-3H3. The molecule has 1 aliphatic carbocycles. The van der Waals surface area contributed by atoms with Crippen molar-refractivity contribution in [2.75, 3.05) is 0 Å². The molecule has 1 aliphatic heterocycles. The second kappa shape index (κ2) is 5.93. The van der Waals surface area contributed by atoms with E-state index in [1.165, 1.54) is 29.6 Å². The van der Waals surface area contributed by atoms with E-state index in [2.05, 4.69) is 33.0 Å². The van der Waals surface area contributed by atoms with Crippen LogP contribution in [0.15, 0.2) is 52.2 Å². The number of nitriles is 1. The van der Waals surface area contributed by atoms with Crippen LogP contribution in [-0.2, 0) is 0 Å². The van der Waals surface area contributed by atoms with Gasteiger partial charge in [-0.1, -0.05) is 31.6 Å². The lowest BCUT2D eigenvalue weighted by Crippen LogP contribution is -2.15. The van der Waals surface area contributed by atoms with Gasteiger partial charge in [-0.3, -0.25) is 4.99 Å². The summed E-state index contributed by atoms with van der Waals surface area (Å²) in [5, 5.41) is 8.95. The summed E-state index contributed by atoms with van der Waals surface area (Å²) in [6, 6.07) is 9.96. The van der Waals surface area contributed by atoms with Gasteiger partial charge >= 0.3 is 0 Å². The van der Waals surface area contributed by atoms with Crippen molar-refractivity contribution in [3.63, 3.8) is 0 Å². The van der Waals surface area contributed by atoms with E-state index < -0.39 is 0 Å². The van der Waals surface area contributed by atoms with Crippen molar-refractivity contribution in [2.24, 2.45) is 16.8 Å². The number of allylic oxidation sites excluding steroid dienone is 3. The first-order valence-electron chi connectivity index (χ1n) is 8.07. The molecule has 0 aromatic heterocycles. The van der Waals surface area contributed by atoms with Crippen LogP contribution in [0.1, 0.15) is 51.2 Å². The molecule has 2 unspecified atom stereocenters. The summed E-state index contributed by atoms with van der Waals surface area (Å²) in [5.41, 5.74) is 7.34. The van der Waals surface area contributed by atoms with Crippen LogP contribution in [0.4, 0.5) is 0 Å². The van der Waals surface area contributed by atoms with Gasteiger partial charge in [-0.25, -0.2) is 0 Å². The average Bonchev–Trinajstić information content (AvgIpc) is 2.65. The molecule has 2 aliphatic rings. The van der Waals surface area contributed by atoms with E-state index in [1.807, 2.05) is 24.3 Å². The lowest BCUT2D eigenvalue weighted by molar-refractivity contribution is 0.493.